The molecule has 2 aromatic carbocycles. The fraction of sp³-hybridized carbons (Fsp3) is 0.333. The molecule has 3 amide bonds. The molecule has 196 valence electrons. The number of alkyl carbamates (subject to hydrolysis) is 1. The molecule has 0 aliphatic carbocycles. The van der Waals surface area contributed by atoms with Gasteiger partial charge in [-0.25, -0.2) is 9.59 Å². The lowest BCUT2D eigenvalue weighted by atomic mass is 10.0. The summed E-state index contributed by atoms with van der Waals surface area (Å²) in [7, 11) is 0. The normalized spacial score (nSPS) is 12.5. The van der Waals surface area contributed by atoms with Crippen molar-refractivity contribution in [1.82, 2.24) is 20.9 Å². The SMILES string of the molecule is CC(C)C[C@H](NC(=O)CNC(=O)[C@H](Cc1c[nH]c2ccccc12)NC(=O)OCc1ccccc1)C(=O)O. The molecule has 3 aromatic rings. The number of carbonyl (C=O) groups is 4. The van der Waals surface area contributed by atoms with E-state index in [0.717, 1.165) is 22.0 Å². The molecule has 0 unspecified atom stereocenters. The van der Waals surface area contributed by atoms with Gasteiger partial charge in [0.1, 0.15) is 18.7 Å². The Morgan fingerprint density at radius 3 is 2.35 bits per heavy atom. The average molecular weight is 509 g/mol. The lowest BCUT2D eigenvalue weighted by Crippen LogP contribution is -2.51. The molecule has 0 saturated carbocycles. The van der Waals surface area contributed by atoms with E-state index in [1.165, 1.54) is 0 Å². The third-order valence-electron chi connectivity index (χ3n) is 5.68. The number of ether oxygens (including phenoxy) is 1. The predicted octanol–water partition coefficient (Wildman–Crippen LogP) is 2.74. The number of fused-ring (bicyclic) bond motifs is 1. The number of carboxylic acid groups (broad SMARTS) is 1. The van der Waals surface area contributed by atoms with E-state index in [9.17, 15) is 24.3 Å². The van der Waals surface area contributed by atoms with Crippen LogP contribution >= 0.6 is 0 Å². The van der Waals surface area contributed by atoms with E-state index in [0.29, 0.717) is 0 Å². The second-order valence-electron chi connectivity index (χ2n) is 9.13. The third-order valence-corrected chi connectivity index (χ3v) is 5.68. The van der Waals surface area contributed by atoms with Crippen molar-refractivity contribution >= 4 is 34.8 Å². The molecule has 0 saturated heterocycles. The highest BCUT2D eigenvalue weighted by Gasteiger charge is 2.25. The third kappa shape index (κ3) is 8.38. The molecule has 0 fully saturated rings. The van der Waals surface area contributed by atoms with Gasteiger partial charge in [0.05, 0.1) is 6.54 Å². The minimum absolute atomic E-state index is 0.0307. The van der Waals surface area contributed by atoms with Crippen LogP contribution in [0.25, 0.3) is 10.9 Å². The number of carboxylic acids is 1. The Labute approximate surface area is 214 Å². The predicted molar refractivity (Wildman–Crippen MR) is 138 cm³/mol. The van der Waals surface area contributed by atoms with Gasteiger partial charge in [0.15, 0.2) is 0 Å². The van der Waals surface area contributed by atoms with Crippen molar-refractivity contribution in [1.29, 1.82) is 0 Å². The molecule has 5 N–H and O–H groups in total. The molecule has 0 aliphatic heterocycles. The van der Waals surface area contributed by atoms with Crippen LogP contribution in [0.1, 0.15) is 31.4 Å². The standard InChI is InChI=1S/C27H32N4O6/c1-17(2)12-23(26(34)35)30-24(32)15-29-25(33)22(13-19-14-28-21-11-7-6-10-20(19)21)31-27(36)37-16-18-8-4-3-5-9-18/h3-11,14,17,22-23,28H,12-13,15-16H2,1-2H3,(H,29,33)(H,30,32)(H,31,36)(H,34,35)/t22-,23-/m0/s1. The second kappa shape index (κ2) is 13.1. The molecular weight excluding hydrogens is 476 g/mol. The number of hydrogen-bond acceptors (Lipinski definition) is 5. The number of benzene rings is 2. The van der Waals surface area contributed by atoms with E-state index in [4.69, 9.17) is 4.74 Å². The lowest BCUT2D eigenvalue weighted by Gasteiger charge is -2.19. The zero-order valence-electron chi connectivity index (χ0n) is 20.8. The summed E-state index contributed by atoms with van der Waals surface area (Å²) in [6, 6.07) is 14.6. The van der Waals surface area contributed by atoms with E-state index in [1.54, 1.807) is 6.20 Å². The quantitative estimate of drug-likeness (QED) is 0.254. The van der Waals surface area contributed by atoms with Crippen LogP contribution in [0.4, 0.5) is 4.79 Å². The molecule has 2 atom stereocenters. The van der Waals surface area contributed by atoms with Gasteiger partial charge in [-0.1, -0.05) is 62.4 Å². The van der Waals surface area contributed by atoms with Gasteiger partial charge in [0.2, 0.25) is 11.8 Å². The van der Waals surface area contributed by atoms with Crippen LogP contribution in [0, 0.1) is 5.92 Å². The fourth-order valence-electron chi connectivity index (χ4n) is 3.87. The number of rotatable bonds is 12. The Morgan fingerprint density at radius 2 is 1.65 bits per heavy atom. The van der Waals surface area contributed by atoms with Crippen molar-refractivity contribution < 1.29 is 29.0 Å². The first-order valence-corrected chi connectivity index (χ1v) is 12.0. The highest BCUT2D eigenvalue weighted by Crippen LogP contribution is 2.19. The summed E-state index contributed by atoms with van der Waals surface area (Å²) in [6.45, 7) is 3.29. The van der Waals surface area contributed by atoms with Gasteiger partial charge in [0, 0.05) is 23.5 Å². The maximum Gasteiger partial charge on any atom is 0.408 e. The summed E-state index contributed by atoms with van der Waals surface area (Å²) in [5.74, 6) is -2.33. The maximum absolute atomic E-state index is 13.0. The van der Waals surface area contributed by atoms with Crippen LogP contribution in [-0.2, 0) is 32.1 Å². The van der Waals surface area contributed by atoms with E-state index < -0.39 is 42.5 Å². The van der Waals surface area contributed by atoms with Gasteiger partial charge in [-0.2, -0.15) is 0 Å². The van der Waals surface area contributed by atoms with Crippen molar-refractivity contribution in [3.63, 3.8) is 0 Å². The Bertz CT molecular complexity index is 1220. The van der Waals surface area contributed by atoms with Gasteiger partial charge in [0.25, 0.3) is 0 Å². The minimum Gasteiger partial charge on any atom is -0.480 e. The van der Waals surface area contributed by atoms with Crippen LogP contribution in [0.5, 0.6) is 0 Å². The summed E-state index contributed by atoms with van der Waals surface area (Å²) in [5.41, 5.74) is 2.47. The molecule has 10 heteroatoms. The van der Waals surface area contributed by atoms with Crippen LogP contribution in [0.15, 0.2) is 60.8 Å². The lowest BCUT2D eigenvalue weighted by molar-refractivity contribution is -0.142. The highest BCUT2D eigenvalue weighted by molar-refractivity contribution is 5.92. The summed E-state index contributed by atoms with van der Waals surface area (Å²) < 4.78 is 5.27. The molecule has 3 rings (SSSR count). The van der Waals surface area contributed by atoms with Gasteiger partial charge < -0.3 is 30.8 Å². The molecule has 1 heterocycles. The summed E-state index contributed by atoms with van der Waals surface area (Å²) >= 11 is 0. The summed E-state index contributed by atoms with van der Waals surface area (Å²) in [6.07, 6.45) is 1.38. The smallest absolute Gasteiger partial charge is 0.408 e. The van der Waals surface area contributed by atoms with Crippen LogP contribution in [0.2, 0.25) is 0 Å². The first kappa shape index (κ1) is 27.3. The van der Waals surface area contributed by atoms with E-state index >= 15 is 0 Å². The summed E-state index contributed by atoms with van der Waals surface area (Å²) in [5, 5.41) is 17.7. The van der Waals surface area contributed by atoms with E-state index in [1.807, 2.05) is 68.4 Å². The second-order valence-corrected chi connectivity index (χ2v) is 9.13. The number of aliphatic carboxylic acids is 1. The number of aromatic nitrogens is 1. The van der Waals surface area contributed by atoms with E-state index in [-0.39, 0.29) is 25.4 Å². The molecule has 0 aliphatic rings. The Balaban J connectivity index is 1.65. The minimum atomic E-state index is -1.14. The first-order chi connectivity index (χ1) is 17.7. The van der Waals surface area contributed by atoms with Crippen molar-refractivity contribution in [2.24, 2.45) is 5.92 Å². The molecule has 10 nitrogen and oxygen atoms in total. The van der Waals surface area contributed by atoms with Crippen LogP contribution in [0.3, 0.4) is 0 Å². The molecule has 0 bridgehead atoms. The Kier molecular flexibility index (Phi) is 9.65. The van der Waals surface area contributed by atoms with Crippen LogP contribution < -0.4 is 16.0 Å². The Hall–Kier alpha value is -4.34. The number of carbonyl (C=O) groups excluding carboxylic acids is 3. The molecule has 37 heavy (non-hydrogen) atoms. The molecular formula is C27H32N4O6. The van der Waals surface area contributed by atoms with Crippen molar-refractivity contribution in [3.8, 4) is 0 Å². The monoisotopic (exact) mass is 508 g/mol. The zero-order chi connectivity index (χ0) is 26.8. The van der Waals surface area contributed by atoms with Crippen molar-refractivity contribution in [2.45, 2.75) is 45.4 Å². The fourth-order valence-corrected chi connectivity index (χ4v) is 3.87. The molecule has 1 aromatic heterocycles. The van der Waals surface area contributed by atoms with Gasteiger partial charge in [-0.05, 0) is 29.5 Å². The number of hydrogen-bond donors (Lipinski definition) is 5. The number of nitrogens with one attached hydrogen (secondary N) is 4. The average Bonchev–Trinajstić information content (AvgIpc) is 3.28. The first-order valence-electron chi connectivity index (χ1n) is 12.0. The zero-order valence-corrected chi connectivity index (χ0v) is 20.8. The Morgan fingerprint density at radius 1 is 0.946 bits per heavy atom. The number of H-pyrrole nitrogens is 1. The largest absolute Gasteiger partial charge is 0.480 e. The van der Waals surface area contributed by atoms with Gasteiger partial charge in [-0.3, -0.25) is 9.59 Å². The van der Waals surface area contributed by atoms with Crippen LogP contribution in [-0.4, -0.2) is 52.6 Å². The van der Waals surface area contributed by atoms with Crippen molar-refractivity contribution in [2.75, 3.05) is 6.54 Å². The van der Waals surface area contributed by atoms with Crippen molar-refractivity contribution in [3.05, 3.63) is 71.9 Å². The number of amides is 3. The van der Waals surface area contributed by atoms with E-state index in [2.05, 4.69) is 20.9 Å². The maximum atomic E-state index is 13.0. The topological polar surface area (TPSA) is 150 Å². The molecule has 0 spiro atoms. The highest BCUT2D eigenvalue weighted by atomic mass is 16.5. The van der Waals surface area contributed by atoms with Gasteiger partial charge in [-0.15, -0.1) is 0 Å². The number of aromatic amines is 1. The molecule has 0 radical (unpaired) electrons. The number of para-hydroxylation sites is 1. The summed E-state index contributed by atoms with van der Waals surface area (Å²) in [4.78, 5) is 52.4. The van der Waals surface area contributed by atoms with Gasteiger partial charge >= 0.3 is 12.1 Å².